The van der Waals surface area contributed by atoms with Crippen molar-refractivity contribution in [2.75, 3.05) is 32.7 Å². The van der Waals surface area contributed by atoms with E-state index in [1.165, 1.54) is 19.3 Å². The molecule has 100 valence electrons. The Morgan fingerprint density at radius 3 is 2.24 bits per heavy atom. The maximum Gasteiger partial charge on any atom is 0.236 e. The Balaban J connectivity index is 0.00000144. The zero-order valence-electron chi connectivity index (χ0n) is 10.4. The zero-order valence-corrected chi connectivity index (χ0v) is 11.3. The second-order valence-corrected chi connectivity index (χ2v) is 5.06. The molecule has 0 atom stereocenters. The van der Waals surface area contributed by atoms with Gasteiger partial charge in [-0.1, -0.05) is 0 Å². The molecule has 2 fully saturated rings. The first-order valence-corrected chi connectivity index (χ1v) is 6.51. The summed E-state index contributed by atoms with van der Waals surface area (Å²) < 4.78 is 0. The summed E-state index contributed by atoms with van der Waals surface area (Å²) in [5.41, 5.74) is 5.85. The van der Waals surface area contributed by atoms with Crippen LogP contribution < -0.4 is 5.73 Å². The summed E-state index contributed by atoms with van der Waals surface area (Å²) in [6.07, 6.45) is 5.70. The molecular formula is C12H24ClN3O. The van der Waals surface area contributed by atoms with Crippen molar-refractivity contribution in [3.8, 4) is 0 Å². The highest BCUT2D eigenvalue weighted by Gasteiger charge is 2.22. The molecular weight excluding hydrogens is 238 g/mol. The number of hydrogen-bond acceptors (Lipinski definition) is 3. The van der Waals surface area contributed by atoms with E-state index in [9.17, 15) is 4.79 Å². The van der Waals surface area contributed by atoms with Crippen molar-refractivity contribution in [3.63, 3.8) is 0 Å². The van der Waals surface area contributed by atoms with Crippen LogP contribution >= 0.6 is 12.4 Å². The highest BCUT2D eigenvalue weighted by Crippen LogP contribution is 2.11. The van der Waals surface area contributed by atoms with Crippen molar-refractivity contribution < 1.29 is 4.79 Å². The predicted octanol–water partition coefficient (Wildman–Crippen LogP) is 0.844. The molecule has 0 aromatic carbocycles. The third-order valence-electron chi connectivity index (χ3n) is 3.70. The van der Waals surface area contributed by atoms with Crippen molar-refractivity contribution in [2.24, 2.45) is 5.73 Å². The molecule has 2 rings (SSSR count). The van der Waals surface area contributed by atoms with Crippen molar-refractivity contribution in [1.29, 1.82) is 0 Å². The third kappa shape index (κ3) is 4.45. The van der Waals surface area contributed by atoms with Gasteiger partial charge in [0, 0.05) is 32.2 Å². The second-order valence-electron chi connectivity index (χ2n) is 5.06. The van der Waals surface area contributed by atoms with Gasteiger partial charge in [-0.25, -0.2) is 0 Å². The van der Waals surface area contributed by atoms with E-state index >= 15 is 0 Å². The van der Waals surface area contributed by atoms with Gasteiger partial charge in [0.25, 0.3) is 0 Å². The van der Waals surface area contributed by atoms with Gasteiger partial charge >= 0.3 is 0 Å². The third-order valence-corrected chi connectivity index (χ3v) is 3.70. The van der Waals surface area contributed by atoms with E-state index in [1.807, 2.05) is 4.90 Å². The Bertz CT molecular complexity index is 236. The summed E-state index contributed by atoms with van der Waals surface area (Å²) in [6.45, 7) is 4.51. The quantitative estimate of drug-likeness (QED) is 0.802. The SMILES string of the molecule is Cl.NC1CCN(CC(=O)N2CCCCC2)CC1. The van der Waals surface area contributed by atoms with Gasteiger partial charge in [-0.3, -0.25) is 9.69 Å². The molecule has 0 unspecified atom stereocenters. The number of rotatable bonds is 2. The smallest absolute Gasteiger partial charge is 0.236 e. The van der Waals surface area contributed by atoms with Crippen LogP contribution in [0.3, 0.4) is 0 Å². The fourth-order valence-electron chi connectivity index (χ4n) is 2.55. The number of halogens is 1. The van der Waals surface area contributed by atoms with Crippen LogP contribution in [0.25, 0.3) is 0 Å². The van der Waals surface area contributed by atoms with Gasteiger partial charge in [-0.15, -0.1) is 12.4 Å². The topological polar surface area (TPSA) is 49.6 Å². The first-order valence-electron chi connectivity index (χ1n) is 6.51. The Hall–Kier alpha value is -0.320. The van der Waals surface area contributed by atoms with Gasteiger partial charge < -0.3 is 10.6 Å². The molecule has 0 saturated carbocycles. The van der Waals surface area contributed by atoms with E-state index in [2.05, 4.69) is 4.90 Å². The molecule has 0 bridgehead atoms. The predicted molar refractivity (Wildman–Crippen MR) is 71.3 cm³/mol. The summed E-state index contributed by atoms with van der Waals surface area (Å²) in [4.78, 5) is 16.3. The number of carbonyl (C=O) groups is 1. The number of carbonyl (C=O) groups excluding carboxylic acids is 1. The van der Waals surface area contributed by atoms with E-state index in [1.54, 1.807) is 0 Å². The van der Waals surface area contributed by atoms with Gasteiger partial charge in [0.1, 0.15) is 0 Å². The number of likely N-dealkylation sites (tertiary alicyclic amines) is 2. The lowest BCUT2D eigenvalue weighted by atomic mass is 10.1. The van der Waals surface area contributed by atoms with Crippen LogP contribution in [0.4, 0.5) is 0 Å². The van der Waals surface area contributed by atoms with Crippen LogP contribution in [0.2, 0.25) is 0 Å². The fraction of sp³-hybridized carbons (Fsp3) is 0.917. The Kier molecular flexibility index (Phi) is 6.23. The molecule has 0 spiro atoms. The van der Waals surface area contributed by atoms with E-state index in [0.29, 0.717) is 18.5 Å². The minimum atomic E-state index is 0. The maximum atomic E-state index is 12.0. The molecule has 0 aliphatic carbocycles. The normalized spacial score (nSPS) is 23.2. The van der Waals surface area contributed by atoms with Gasteiger partial charge in [-0.2, -0.15) is 0 Å². The molecule has 4 nitrogen and oxygen atoms in total. The average Bonchev–Trinajstić information content (AvgIpc) is 2.33. The first-order chi connectivity index (χ1) is 7.75. The molecule has 0 aromatic heterocycles. The summed E-state index contributed by atoms with van der Waals surface area (Å²) in [7, 11) is 0. The van der Waals surface area contributed by atoms with Crippen LogP contribution in [0.5, 0.6) is 0 Å². The Morgan fingerprint density at radius 1 is 1.06 bits per heavy atom. The highest BCUT2D eigenvalue weighted by molar-refractivity contribution is 5.85. The van der Waals surface area contributed by atoms with E-state index in [0.717, 1.165) is 39.0 Å². The van der Waals surface area contributed by atoms with Crippen molar-refractivity contribution >= 4 is 18.3 Å². The molecule has 2 N–H and O–H groups in total. The lowest BCUT2D eigenvalue weighted by molar-refractivity contribution is -0.133. The molecule has 2 saturated heterocycles. The standard InChI is InChI=1S/C12H23N3O.ClH/c13-11-4-8-14(9-5-11)10-12(16)15-6-2-1-3-7-15;/h11H,1-10,13H2;1H. The fourth-order valence-corrected chi connectivity index (χ4v) is 2.55. The molecule has 2 heterocycles. The first kappa shape index (κ1) is 14.7. The van der Waals surface area contributed by atoms with Gasteiger partial charge in [0.2, 0.25) is 5.91 Å². The number of nitrogens with two attached hydrogens (primary N) is 1. The van der Waals surface area contributed by atoms with Crippen LogP contribution in [-0.2, 0) is 4.79 Å². The zero-order chi connectivity index (χ0) is 11.4. The minimum absolute atomic E-state index is 0. The highest BCUT2D eigenvalue weighted by atomic mass is 35.5. The molecule has 17 heavy (non-hydrogen) atoms. The van der Waals surface area contributed by atoms with Crippen molar-refractivity contribution in [2.45, 2.75) is 38.1 Å². The summed E-state index contributed by atoms with van der Waals surface area (Å²) in [5.74, 6) is 0.315. The van der Waals surface area contributed by atoms with Crippen molar-refractivity contribution in [1.82, 2.24) is 9.80 Å². The molecule has 0 radical (unpaired) electrons. The van der Waals surface area contributed by atoms with E-state index in [4.69, 9.17) is 5.73 Å². The monoisotopic (exact) mass is 261 g/mol. The number of nitrogens with zero attached hydrogens (tertiary/aromatic N) is 2. The van der Waals surface area contributed by atoms with Crippen LogP contribution in [0.15, 0.2) is 0 Å². The number of amides is 1. The molecule has 5 heteroatoms. The molecule has 1 amide bonds. The second kappa shape index (κ2) is 7.19. The molecule has 2 aliphatic heterocycles. The number of hydrogen-bond donors (Lipinski definition) is 1. The van der Waals surface area contributed by atoms with Crippen LogP contribution in [0, 0.1) is 0 Å². The Labute approximate surface area is 110 Å². The maximum absolute atomic E-state index is 12.0. The summed E-state index contributed by atoms with van der Waals surface area (Å²) in [6, 6.07) is 0.348. The van der Waals surface area contributed by atoms with E-state index < -0.39 is 0 Å². The largest absolute Gasteiger partial charge is 0.342 e. The van der Waals surface area contributed by atoms with Crippen LogP contribution in [0.1, 0.15) is 32.1 Å². The molecule has 0 aromatic rings. The average molecular weight is 262 g/mol. The molecule has 2 aliphatic rings. The Morgan fingerprint density at radius 2 is 1.65 bits per heavy atom. The van der Waals surface area contributed by atoms with Gasteiger partial charge in [0.15, 0.2) is 0 Å². The van der Waals surface area contributed by atoms with Gasteiger partial charge in [-0.05, 0) is 32.1 Å². The lowest BCUT2D eigenvalue weighted by Crippen LogP contribution is -2.46. The summed E-state index contributed by atoms with van der Waals surface area (Å²) in [5, 5.41) is 0. The van der Waals surface area contributed by atoms with E-state index in [-0.39, 0.29) is 12.4 Å². The minimum Gasteiger partial charge on any atom is -0.342 e. The van der Waals surface area contributed by atoms with Gasteiger partial charge in [0.05, 0.1) is 6.54 Å². The van der Waals surface area contributed by atoms with Crippen molar-refractivity contribution in [3.05, 3.63) is 0 Å². The lowest BCUT2D eigenvalue weighted by Gasteiger charge is -2.33. The summed E-state index contributed by atoms with van der Waals surface area (Å²) >= 11 is 0. The number of piperidine rings is 2. The van der Waals surface area contributed by atoms with Crippen LogP contribution in [-0.4, -0.2) is 54.5 Å².